The number of rotatable bonds is 5. The summed E-state index contributed by atoms with van der Waals surface area (Å²) in [4.78, 5) is 4.27. The van der Waals surface area contributed by atoms with Crippen LogP contribution in [0.5, 0.6) is 0 Å². The molecule has 0 aliphatic rings. The molecule has 0 unspecified atom stereocenters. The zero-order chi connectivity index (χ0) is 13.0. The summed E-state index contributed by atoms with van der Waals surface area (Å²) in [5.74, 6) is 1.05. The first-order valence-corrected chi connectivity index (χ1v) is 6.04. The topological polar surface area (TPSA) is 74.2 Å². The summed E-state index contributed by atoms with van der Waals surface area (Å²) in [5, 5.41) is 4.35. The van der Waals surface area contributed by atoms with Gasteiger partial charge in [-0.1, -0.05) is 16.8 Å². The van der Waals surface area contributed by atoms with Crippen molar-refractivity contribution in [1.29, 1.82) is 0 Å². The Labute approximate surface area is 110 Å². The number of benzene rings is 1. The number of hydrogen-bond donors (Lipinski definition) is 1. The second-order valence-corrected chi connectivity index (χ2v) is 4.11. The Bertz CT molecular complexity index is 528. The van der Waals surface area contributed by atoms with Crippen LogP contribution < -0.4 is 5.73 Å². The van der Waals surface area contributed by atoms with E-state index in [1.807, 2.05) is 6.92 Å². The number of anilines is 1. The van der Waals surface area contributed by atoms with Gasteiger partial charge in [0.15, 0.2) is 5.82 Å². The van der Waals surface area contributed by atoms with Gasteiger partial charge < -0.3 is 15.0 Å². The third-order valence-electron chi connectivity index (χ3n) is 2.39. The van der Waals surface area contributed by atoms with E-state index in [0.717, 1.165) is 5.56 Å². The fourth-order valence-corrected chi connectivity index (χ4v) is 1.62. The minimum atomic E-state index is 0.434. The molecule has 0 spiro atoms. The molecule has 0 amide bonds. The summed E-state index contributed by atoms with van der Waals surface area (Å²) >= 11 is 5.94. The molecule has 0 saturated carbocycles. The lowest BCUT2D eigenvalue weighted by atomic mass is 10.2. The summed E-state index contributed by atoms with van der Waals surface area (Å²) in [5.41, 5.74) is 6.92. The van der Waals surface area contributed by atoms with Crippen LogP contribution in [0.25, 0.3) is 11.5 Å². The first-order valence-electron chi connectivity index (χ1n) is 5.66. The van der Waals surface area contributed by atoms with Gasteiger partial charge in [0.1, 0.15) is 0 Å². The van der Waals surface area contributed by atoms with E-state index in [1.165, 1.54) is 0 Å². The van der Waals surface area contributed by atoms with Crippen molar-refractivity contribution in [3.8, 4) is 11.5 Å². The number of halogens is 1. The summed E-state index contributed by atoms with van der Waals surface area (Å²) in [6, 6.07) is 5.21. The normalized spacial score (nSPS) is 10.8. The Balaban J connectivity index is 2.11. The van der Waals surface area contributed by atoms with Gasteiger partial charge in [-0.15, -0.1) is 0 Å². The van der Waals surface area contributed by atoms with Crippen LogP contribution in [-0.2, 0) is 11.2 Å². The largest absolute Gasteiger partial charge is 0.398 e. The SMILES string of the molecule is CCOCCc1noc(-c2ccc(N)c(Cl)c2)n1. The van der Waals surface area contributed by atoms with E-state index in [9.17, 15) is 0 Å². The molecule has 0 atom stereocenters. The molecule has 1 heterocycles. The van der Waals surface area contributed by atoms with Gasteiger partial charge in [0.25, 0.3) is 5.89 Å². The van der Waals surface area contributed by atoms with Crippen molar-refractivity contribution < 1.29 is 9.26 Å². The highest BCUT2D eigenvalue weighted by Crippen LogP contribution is 2.25. The molecule has 0 fully saturated rings. The maximum Gasteiger partial charge on any atom is 0.257 e. The van der Waals surface area contributed by atoms with Crippen LogP contribution in [0.4, 0.5) is 5.69 Å². The monoisotopic (exact) mass is 267 g/mol. The summed E-state index contributed by atoms with van der Waals surface area (Å²) in [6.45, 7) is 3.20. The number of aromatic nitrogens is 2. The Morgan fingerprint density at radius 1 is 1.44 bits per heavy atom. The standard InChI is InChI=1S/C12H14ClN3O2/c1-2-17-6-5-11-15-12(18-16-11)8-3-4-10(14)9(13)7-8/h3-4,7H,2,5-6,14H2,1H3. The van der Waals surface area contributed by atoms with Crippen molar-refractivity contribution in [1.82, 2.24) is 10.1 Å². The molecule has 1 aromatic heterocycles. The van der Waals surface area contributed by atoms with Crippen LogP contribution in [0.2, 0.25) is 5.02 Å². The fraction of sp³-hybridized carbons (Fsp3) is 0.333. The number of nitrogen functional groups attached to an aromatic ring is 1. The average molecular weight is 268 g/mol. The van der Waals surface area contributed by atoms with Gasteiger partial charge in [-0.2, -0.15) is 4.98 Å². The molecule has 0 aliphatic heterocycles. The van der Waals surface area contributed by atoms with E-state index in [1.54, 1.807) is 18.2 Å². The molecule has 1 aromatic carbocycles. The van der Waals surface area contributed by atoms with Crippen molar-refractivity contribution in [2.24, 2.45) is 0 Å². The molecule has 18 heavy (non-hydrogen) atoms. The quantitative estimate of drug-likeness (QED) is 0.666. The highest BCUT2D eigenvalue weighted by Gasteiger charge is 2.10. The van der Waals surface area contributed by atoms with Crippen LogP contribution in [0.3, 0.4) is 0 Å². The zero-order valence-electron chi connectivity index (χ0n) is 10.0. The molecule has 0 aliphatic carbocycles. The van der Waals surface area contributed by atoms with E-state index in [0.29, 0.717) is 42.1 Å². The van der Waals surface area contributed by atoms with Gasteiger partial charge in [0.05, 0.1) is 17.3 Å². The highest BCUT2D eigenvalue weighted by molar-refractivity contribution is 6.33. The molecule has 0 saturated heterocycles. The van der Waals surface area contributed by atoms with Gasteiger partial charge >= 0.3 is 0 Å². The van der Waals surface area contributed by atoms with Gasteiger partial charge in [0, 0.05) is 18.6 Å². The second kappa shape index (κ2) is 5.84. The zero-order valence-corrected chi connectivity index (χ0v) is 10.8. The molecule has 0 radical (unpaired) electrons. The molecule has 5 nitrogen and oxygen atoms in total. The smallest absolute Gasteiger partial charge is 0.257 e. The number of ether oxygens (including phenoxy) is 1. The van der Waals surface area contributed by atoms with Crippen molar-refractivity contribution in [2.45, 2.75) is 13.3 Å². The molecule has 2 N–H and O–H groups in total. The lowest BCUT2D eigenvalue weighted by Gasteiger charge is -1.98. The molecule has 2 rings (SSSR count). The lowest BCUT2D eigenvalue weighted by Crippen LogP contribution is -1.99. The fourth-order valence-electron chi connectivity index (χ4n) is 1.44. The molecular formula is C12H14ClN3O2. The third kappa shape index (κ3) is 3.00. The van der Waals surface area contributed by atoms with Crippen LogP contribution in [0.1, 0.15) is 12.7 Å². The van der Waals surface area contributed by atoms with E-state index in [4.69, 9.17) is 26.6 Å². The van der Waals surface area contributed by atoms with Crippen molar-refractivity contribution in [3.63, 3.8) is 0 Å². The second-order valence-electron chi connectivity index (χ2n) is 3.70. The highest BCUT2D eigenvalue weighted by atomic mass is 35.5. The predicted molar refractivity (Wildman–Crippen MR) is 69.4 cm³/mol. The number of nitrogens with zero attached hydrogens (tertiary/aromatic N) is 2. The molecule has 2 aromatic rings. The van der Waals surface area contributed by atoms with Crippen molar-refractivity contribution >= 4 is 17.3 Å². The van der Waals surface area contributed by atoms with Gasteiger partial charge in [-0.3, -0.25) is 0 Å². The van der Waals surface area contributed by atoms with E-state index in [-0.39, 0.29) is 0 Å². The lowest BCUT2D eigenvalue weighted by molar-refractivity contribution is 0.149. The Morgan fingerprint density at radius 2 is 2.28 bits per heavy atom. The molecule has 0 bridgehead atoms. The number of hydrogen-bond acceptors (Lipinski definition) is 5. The molecule has 6 heteroatoms. The summed E-state index contributed by atoms with van der Waals surface area (Å²) in [7, 11) is 0. The van der Waals surface area contributed by atoms with Crippen LogP contribution in [0.15, 0.2) is 22.7 Å². The minimum absolute atomic E-state index is 0.434. The number of nitrogens with two attached hydrogens (primary N) is 1. The molecular weight excluding hydrogens is 254 g/mol. The maximum absolute atomic E-state index is 5.94. The van der Waals surface area contributed by atoms with Crippen molar-refractivity contribution in [2.75, 3.05) is 18.9 Å². The first kappa shape index (κ1) is 12.9. The van der Waals surface area contributed by atoms with Gasteiger partial charge in [0.2, 0.25) is 0 Å². The third-order valence-corrected chi connectivity index (χ3v) is 2.72. The van der Waals surface area contributed by atoms with Gasteiger partial charge in [-0.25, -0.2) is 0 Å². The summed E-state index contributed by atoms with van der Waals surface area (Å²) in [6.07, 6.45) is 0.625. The molecule has 96 valence electrons. The van der Waals surface area contributed by atoms with E-state index in [2.05, 4.69) is 10.1 Å². The predicted octanol–water partition coefficient (Wildman–Crippen LogP) is 2.55. The van der Waals surface area contributed by atoms with Crippen LogP contribution in [0, 0.1) is 0 Å². The maximum atomic E-state index is 5.94. The van der Waals surface area contributed by atoms with Crippen LogP contribution >= 0.6 is 11.6 Å². The van der Waals surface area contributed by atoms with Gasteiger partial charge in [-0.05, 0) is 25.1 Å². The minimum Gasteiger partial charge on any atom is -0.398 e. The average Bonchev–Trinajstić information content (AvgIpc) is 2.82. The summed E-state index contributed by atoms with van der Waals surface area (Å²) < 4.78 is 10.4. The van der Waals surface area contributed by atoms with Crippen molar-refractivity contribution in [3.05, 3.63) is 29.0 Å². The van der Waals surface area contributed by atoms with Crippen LogP contribution in [-0.4, -0.2) is 23.4 Å². The van der Waals surface area contributed by atoms with E-state index >= 15 is 0 Å². The Hall–Kier alpha value is -1.59. The Kier molecular flexibility index (Phi) is 4.17. The van der Waals surface area contributed by atoms with E-state index < -0.39 is 0 Å². The Morgan fingerprint density at radius 3 is 3.00 bits per heavy atom. The first-order chi connectivity index (χ1) is 8.70.